The van der Waals surface area contributed by atoms with E-state index in [0.717, 1.165) is 6.04 Å². The maximum Gasteiger partial charge on any atom is 0.325 e. The monoisotopic (exact) mass is 272 g/mol. The summed E-state index contributed by atoms with van der Waals surface area (Å²) in [5, 5.41) is 8.54. The second kappa shape index (κ2) is 6.55. The molecule has 0 fully saturated rings. The van der Waals surface area contributed by atoms with Crippen molar-refractivity contribution in [3.05, 3.63) is 18.1 Å². The molecule has 102 valence electrons. The Hall–Kier alpha value is -1.34. The largest absolute Gasteiger partial charge is 0.480 e. The summed E-state index contributed by atoms with van der Waals surface area (Å²) in [6, 6.07) is 1.09. The van der Waals surface area contributed by atoms with Crippen molar-refractivity contribution in [2.45, 2.75) is 32.4 Å². The number of nitrogens with zero attached hydrogens (tertiary/aromatic N) is 2. The topological polar surface area (TPSA) is 77.0 Å². The number of aromatic nitrogens is 1. The molecule has 0 aliphatic rings. The van der Waals surface area contributed by atoms with E-state index in [1.165, 1.54) is 6.26 Å². The van der Waals surface area contributed by atoms with E-state index in [9.17, 15) is 4.79 Å². The Balaban J connectivity index is 2.46. The summed E-state index contributed by atoms with van der Waals surface area (Å²) in [6.07, 6.45) is 3.14. The smallest absolute Gasteiger partial charge is 0.325 e. The molecule has 0 amide bonds. The van der Waals surface area contributed by atoms with E-state index in [4.69, 9.17) is 14.3 Å². The highest BCUT2D eigenvalue weighted by atomic mass is 28.3. The van der Waals surface area contributed by atoms with Gasteiger partial charge in [0.2, 0.25) is 0 Å². The van der Waals surface area contributed by atoms with Crippen LogP contribution < -0.4 is 5.68 Å². The zero-order valence-electron chi connectivity index (χ0n) is 11.0. The van der Waals surface area contributed by atoms with E-state index >= 15 is 0 Å². The SMILES string of the molecule is C[Si](C)(C)CCOCn1cco/c1=N\CC(=O)O. The van der Waals surface area contributed by atoms with Crippen molar-refractivity contribution >= 4 is 14.0 Å². The number of hydrogen-bond donors (Lipinski definition) is 1. The molecule has 0 aliphatic carbocycles. The Labute approximate surface area is 107 Å². The third-order valence-electron chi connectivity index (χ3n) is 2.24. The van der Waals surface area contributed by atoms with Gasteiger partial charge in [0.25, 0.3) is 5.68 Å². The fourth-order valence-electron chi connectivity index (χ4n) is 1.20. The van der Waals surface area contributed by atoms with Crippen molar-refractivity contribution < 1.29 is 19.1 Å². The van der Waals surface area contributed by atoms with E-state index in [0.29, 0.717) is 13.3 Å². The molecule has 0 spiro atoms. The van der Waals surface area contributed by atoms with Gasteiger partial charge >= 0.3 is 5.97 Å². The summed E-state index contributed by atoms with van der Waals surface area (Å²) in [5.74, 6) is -0.988. The molecule has 0 saturated heterocycles. The van der Waals surface area contributed by atoms with Crippen molar-refractivity contribution in [3.63, 3.8) is 0 Å². The first-order valence-corrected chi connectivity index (χ1v) is 9.53. The Morgan fingerprint density at radius 3 is 2.89 bits per heavy atom. The van der Waals surface area contributed by atoms with Gasteiger partial charge in [-0.3, -0.25) is 9.36 Å². The van der Waals surface area contributed by atoms with Gasteiger partial charge in [-0.2, -0.15) is 0 Å². The number of oxazole rings is 1. The van der Waals surface area contributed by atoms with E-state index in [1.54, 1.807) is 10.8 Å². The van der Waals surface area contributed by atoms with Crippen LogP contribution in [0.25, 0.3) is 0 Å². The number of carboxylic acids is 1. The number of aliphatic carboxylic acids is 1. The lowest BCUT2D eigenvalue weighted by molar-refractivity contribution is -0.135. The summed E-state index contributed by atoms with van der Waals surface area (Å²) in [6.45, 7) is 7.59. The summed E-state index contributed by atoms with van der Waals surface area (Å²) in [4.78, 5) is 14.2. The van der Waals surface area contributed by atoms with Crippen LogP contribution in [-0.4, -0.2) is 36.9 Å². The molecule has 1 aromatic rings. The Kier molecular flexibility index (Phi) is 5.36. The van der Waals surface area contributed by atoms with Gasteiger partial charge in [-0.1, -0.05) is 19.6 Å². The first-order chi connectivity index (χ1) is 8.38. The molecule has 7 heteroatoms. The highest BCUT2D eigenvalue weighted by molar-refractivity contribution is 6.76. The van der Waals surface area contributed by atoms with Crippen LogP contribution in [0.1, 0.15) is 0 Å². The van der Waals surface area contributed by atoms with Crippen molar-refractivity contribution in [3.8, 4) is 0 Å². The Morgan fingerprint density at radius 1 is 1.56 bits per heavy atom. The minimum absolute atomic E-state index is 0.269. The number of hydrogen-bond acceptors (Lipinski definition) is 4. The molecule has 6 nitrogen and oxygen atoms in total. The first kappa shape index (κ1) is 14.7. The maximum absolute atomic E-state index is 10.4. The van der Waals surface area contributed by atoms with Gasteiger partial charge in [0.1, 0.15) is 19.5 Å². The molecule has 18 heavy (non-hydrogen) atoms. The molecular formula is C11H20N2O4Si. The normalized spacial score (nSPS) is 12.9. The molecule has 0 bridgehead atoms. The highest BCUT2D eigenvalue weighted by Gasteiger charge is 2.12. The number of carbonyl (C=O) groups is 1. The predicted octanol–water partition coefficient (Wildman–Crippen LogP) is 1.38. The average Bonchev–Trinajstić information content (AvgIpc) is 2.67. The lowest BCUT2D eigenvalue weighted by Crippen LogP contribution is -2.23. The quantitative estimate of drug-likeness (QED) is 0.601. The molecule has 0 atom stereocenters. The molecule has 0 unspecified atom stereocenters. The van der Waals surface area contributed by atoms with Crippen LogP contribution in [0.5, 0.6) is 0 Å². The van der Waals surface area contributed by atoms with Gasteiger partial charge in [0.15, 0.2) is 0 Å². The fourth-order valence-corrected chi connectivity index (χ4v) is 1.96. The van der Waals surface area contributed by atoms with Gasteiger partial charge < -0.3 is 14.3 Å². The van der Waals surface area contributed by atoms with Crippen LogP contribution in [0.3, 0.4) is 0 Å². The lowest BCUT2D eigenvalue weighted by atomic mass is 10.7. The first-order valence-electron chi connectivity index (χ1n) is 5.82. The maximum atomic E-state index is 10.4. The minimum atomic E-state index is -1.08. The number of ether oxygens (including phenoxy) is 1. The van der Waals surface area contributed by atoms with Crippen LogP contribution in [0.15, 0.2) is 21.9 Å². The van der Waals surface area contributed by atoms with E-state index in [2.05, 4.69) is 24.6 Å². The molecule has 1 rings (SSSR count). The summed E-state index contributed by atoms with van der Waals surface area (Å²) in [7, 11) is -1.08. The molecule has 0 radical (unpaired) electrons. The van der Waals surface area contributed by atoms with Crippen LogP contribution in [0.2, 0.25) is 25.7 Å². The summed E-state index contributed by atoms with van der Waals surface area (Å²) in [5.41, 5.74) is 0.269. The van der Waals surface area contributed by atoms with E-state index in [-0.39, 0.29) is 12.2 Å². The lowest BCUT2D eigenvalue weighted by Gasteiger charge is -2.15. The van der Waals surface area contributed by atoms with Crippen LogP contribution >= 0.6 is 0 Å². The van der Waals surface area contributed by atoms with Gasteiger partial charge in [-0.25, -0.2) is 4.99 Å². The number of carboxylic acid groups (broad SMARTS) is 1. The molecule has 0 aliphatic heterocycles. The predicted molar refractivity (Wildman–Crippen MR) is 68.9 cm³/mol. The summed E-state index contributed by atoms with van der Waals surface area (Å²) >= 11 is 0. The standard InChI is InChI=1S/C11H20N2O4Si/c1-18(2,3)7-6-16-9-13-4-5-17-11(13)12-8-10(14)15/h4-5H,6-9H2,1-3H3,(H,14,15)/b12-11-. The van der Waals surface area contributed by atoms with Crippen LogP contribution in [0, 0.1) is 0 Å². The number of rotatable bonds is 7. The second-order valence-electron chi connectivity index (χ2n) is 5.21. The van der Waals surface area contributed by atoms with Crippen molar-refractivity contribution in [1.82, 2.24) is 4.57 Å². The van der Waals surface area contributed by atoms with E-state index < -0.39 is 14.0 Å². The van der Waals surface area contributed by atoms with Crippen LogP contribution in [-0.2, 0) is 16.3 Å². The Morgan fingerprint density at radius 2 is 2.28 bits per heavy atom. The van der Waals surface area contributed by atoms with Gasteiger partial charge in [0.05, 0.1) is 0 Å². The fraction of sp³-hybridized carbons (Fsp3) is 0.636. The molecular weight excluding hydrogens is 252 g/mol. The molecule has 0 aromatic carbocycles. The minimum Gasteiger partial charge on any atom is -0.480 e. The second-order valence-corrected chi connectivity index (χ2v) is 10.8. The van der Waals surface area contributed by atoms with E-state index in [1.807, 2.05) is 0 Å². The third-order valence-corrected chi connectivity index (χ3v) is 3.94. The zero-order valence-corrected chi connectivity index (χ0v) is 12.0. The highest BCUT2D eigenvalue weighted by Crippen LogP contribution is 2.07. The average molecular weight is 272 g/mol. The Bertz CT molecular complexity index is 444. The van der Waals surface area contributed by atoms with Crippen molar-refractivity contribution in [2.75, 3.05) is 13.2 Å². The molecule has 0 saturated carbocycles. The van der Waals surface area contributed by atoms with Gasteiger partial charge in [-0.05, 0) is 6.04 Å². The summed E-state index contributed by atoms with van der Waals surface area (Å²) < 4.78 is 12.3. The van der Waals surface area contributed by atoms with Crippen molar-refractivity contribution in [2.24, 2.45) is 4.99 Å². The molecule has 1 heterocycles. The third kappa shape index (κ3) is 5.83. The molecule has 1 aromatic heterocycles. The van der Waals surface area contributed by atoms with Gasteiger partial charge in [0, 0.05) is 20.9 Å². The van der Waals surface area contributed by atoms with Crippen molar-refractivity contribution in [1.29, 1.82) is 0 Å². The zero-order chi connectivity index (χ0) is 13.6. The van der Waals surface area contributed by atoms with Crippen LogP contribution in [0.4, 0.5) is 0 Å². The molecule has 1 N–H and O–H groups in total. The van der Waals surface area contributed by atoms with Gasteiger partial charge in [-0.15, -0.1) is 0 Å².